The van der Waals surface area contributed by atoms with Gasteiger partial charge in [-0.2, -0.15) is 13.2 Å². The molecule has 4 nitrogen and oxygen atoms in total. The summed E-state index contributed by atoms with van der Waals surface area (Å²) in [7, 11) is 0. The lowest BCUT2D eigenvalue weighted by atomic mass is 10.1. The molecule has 1 aliphatic rings. The Morgan fingerprint density at radius 3 is 2.61 bits per heavy atom. The molecule has 1 unspecified atom stereocenters. The van der Waals surface area contributed by atoms with Crippen molar-refractivity contribution in [3.05, 3.63) is 44.6 Å². The van der Waals surface area contributed by atoms with Gasteiger partial charge in [-0.15, -0.1) is 0 Å². The maximum absolute atomic E-state index is 12.7. The second-order valence-electron chi connectivity index (χ2n) is 3.52. The molecule has 2 rings (SSSR count). The van der Waals surface area contributed by atoms with Crippen LogP contribution in [0.4, 0.5) is 13.2 Å². The third-order valence-corrected chi connectivity index (χ3v) is 2.61. The third kappa shape index (κ3) is 2.13. The van der Waals surface area contributed by atoms with E-state index in [0.29, 0.717) is 0 Å². The van der Waals surface area contributed by atoms with E-state index in [1.165, 1.54) is 18.2 Å². The average molecular weight is 280 g/mol. The van der Waals surface area contributed by atoms with E-state index in [-0.39, 0.29) is 16.3 Å². The number of hydrogen-bond donors (Lipinski definition) is 0. The Morgan fingerprint density at radius 2 is 2.06 bits per heavy atom. The van der Waals surface area contributed by atoms with Crippen molar-refractivity contribution in [2.45, 2.75) is 12.3 Å². The summed E-state index contributed by atoms with van der Waals surface area (Å²) in [5, 5.41) is 10.6. The summed E-state index contributed by atoms with van der Waals surface area (Å²) in [6.45, 7) is 0. The molecule has 0 amide bonds. The smallest absolute Gasteiger partial charge is 0.436 e. The van der Waals surface area contributed by atoms with Crippen LogP contribution >= 0.6 is 11.6 Å². The number of ether oxygens (including phenoxy) is 1. The summed E-state index contributed by atoms with van der Waals surface area (Å²) >= 11 is 5.69. The molecule has 0 aromatic heterocycles. The van der Waals surface area contributed by atoms with Crippen molar-refractivity contribution < 1.29 is 22.8 Å². The highest BCUT2D eigenvalue weighted by Gasteiger charge is 2.52. The zero-order valence-corrected chi connectivity index (χ0v) is 9.33. The van der Waals surface area contributed by atoms with Crippen molar-refractivity contribution in [3.8, 4) is 5.75 Å². The van der Waals surface area contributed by atoms with Crippen molar-refractivity contribution in [3.63, 3.8) is 0 Å². The fourth-order valence-electron chi connectivity index (χ4n) is 1.56. The topological polar surface area (TPSA) is 52.4 Å². The van der Waals surface area contributed by atoms with Gasteiger partial charge in [0.05, 0.1) is 9.95 Å². The first-order chi connectivity index (χ1) is 8.30. The van der Waals surface area contributed by atoms with Crippen molar-refractivity contribution in [1.82, 2.24) is 0 Å². The van der Waals surface area contributed by atoms with E-state index in [9.17, 15) is 23.3 Å². The van der Waals surface area contributed by atoms with E-state index in [4.69, 9.17) is 11.6 Å². The zero-order chi connectivity index (χ0) is 13.5. The van der Waals surface area contributed by atoms with Crippen molar-refractivity contribution in [2.24, 2.45) is 0 Å². The molecule has 1 aromatic carbocycles. The molecular formula is C10H5ClF3NO3. The van der Waals surface area contributed by atoms with Gasteiger partial charge in [-0.3, -0.25) is 10.1 Å². The summed E-state index contributed by atoms with van der Waals surface area (Å²) in [6, 6.07) is 4.20. The van der Waals surface area contributed by atoms with Gasteiger partial charge in [0.1, 0.15) is 5.75 Å². The average Bonchev–Trinajstić information content (AvgIpc) is 2.26. The van der Waals surface area contributed by atoms with Crippen LogP contribution in [0.2, 0.25) is 5.02 Å². The molecule has 0 N–H and O–H groups in total. The predicted molar refractivity (Wildman–Crippen MR) is 56.9 cm³/mol. The second-order valence-corrected chi connectivity index (χ2v) is 3.93. The first kappa shape index (κ1) is 12.7. The minimum atomic E-state index is -4.88. The number of halogens is 4. The minimum absolute atomic E-state index is 0.0274. The van der Waals surface area contributed by atoms with E-state index in [1.54, 1.807) is 0 Å². The monoisotopic (exact) mass is 279 g/mol. The Labute approximate surface area is 104 Å². The van der Waals surface area contributed by atoms with Crippen LogP contribution in [0.25, 0.3) is 6.08 Å². The number of hydrogen-bond acceptors (Lipinski definition) is 3. The number of benzene rings is 1. The van der Waals surface area contributed by atoms with Gasteiger partial charge in [-0.1, -0.05) is 23.7 Å². The minimum Gasteiger partial charge on any atom is -0.467 e. The van der Waals surface area contributed by atoms with Crippen LogP contribution in [0.3, 0.4) is 0 Å². The van der Waals surface area contributed by atoms with Crippen molar-refractivity contribution >= 4 is 17.7 Å². The molecule has 1 heterocycles. The van der Waals surface area contributed by atoms with E-state index in [1.807, 2.05) is 0 Å². The molecule has 0 bridgehead atoms. The highest BCUT2D eigenvalue weighted by molar-refractivity contribution is 6.32. The lowest BCUT2D eigenvalue weighted by Gasteiger charge is -2.24. The van der Waals surface area contributed by atoms with Gasteiger partial charge in [-0.05, 0) is 6.07 Å². The van der Waals surface area contributed by atoms with Gasteiger partial charge in [-0.25, -0.2) is 0 Å². The van der Waals surface area contributed by atoms with Crippen LogP contribution in [-0.2, 0) is 0 Å². The molecule has 18 heavy (non-hydrogen) atoms. The number of rotatable bonds is 1. The van der Waals surface area contributed by atoms with E-state index < -0.39 is 22.9 Å². The quantitative estimate of drug-likeness (QED) is 0.585. The van der Waals surface area contributed by atoms with Crippen LogP contribution in [0.15, 0.2) is 23.9 Å². The molecule has 0 saturated heterocycles. The molecule has 1 atom stereocenters. The Hall–Kier alpha value is -1.76. The summed E-state index contributed by atoms with van der Waals surface area (Å²) < 4.78 is 42.6. The molecular weight excluding hydrogens is 275 g/mol. The molecule has 0 radical (unpaired) electrons. The Kier molecular flexibility index (Phi) is 2.94. The van der Waals surface area contributed by atoms with Crippen LogP contribution in [0, 0.1) is 10.1 Å². The molecule has 0 saturated carbocycles. The number of nitrogens with zero attached hydrogens (tertiary/aromatic N) is 1. The number of nitro groups is 1. The van der Waals surface area contributed by atoms with Gasteiger partial charge in [0.2, 0.25) is 0 Å². The lowest BCUT2D eigenvalue weighted by Crippen LogP contribution is -2.40. The molecule has 1 aromatic rings. The Balaban J connectivity index is 2.57. The maximum atomic E-state index is 12.7. The summed E-state index contributed by atoms with van der Waals surface area (Å²) in [6.07, 6.45) is -6.67. The van der Waals surface area contributed by atoms with Crippen LogP contribution < -0.4 is 4.74 Å². The highest BCUT2D eigenvalue weighted by Crippen LogP contribution is 2.40. The van der Waals surface area contributed by atoms with Gasteiger partial charge >= 0.3 is 6.18 Å². The summed E-state index contributed by atoms with van der Waals surface area (Å²) in [4.78, 5) is 9.52. The fourth-order valence-corrected chi connectivity index (χ4v) is 1.79. The standard InChI is InChI=1S/C10H5ClF3NO3/c11-6-3-1-2-5-4-7(15(16)17)9(10(12,13)14)18-8(5)6/h1-4,9H. The second kappa shape index (κ2) is 4.16. The maximum Gasteiger partial charge on any atom is 0.436 e. The zero-order valence-electron chi connectivity index (χ0n) is 8.57. The van der Waals surface area contributed by atoms with E-state index in [0.717, 1.165) is 6.08 Å². The number of para-hydroxylation sites is 1. The highest BCUT2D eigenvalue weighted by atomic mass is 35.5. The molecule has 96 valence electrons. The van der Waals surface area contributed by atoms with Gasteiger partial charge in [0, 0.05) is 11.6 Å². The molecule has 8 heteroatoms. The van der Waals surface area contributed by atoms with Crippen LogP contribution in [-0.4, -0.2) is 17.2 Å². The van der Waals surface area contributed by atoms with Crippen LogP contribution in [0.5, 0.6) is 5.75 Å². The van der Waals surface area contributed by atoms with Gasteiger partial charge < -0.3 is 4.74 Å². The SMILES string of the molecule is O=[N+]([O-])C1=Cc2cccc(Cl)c2OC1C(F)(F)F. The third-order valence-electron chi connectivity index (χ3n) is 2.31. The Bertz CT molecular complexity index is 542. The largest absolute Gasteiger partial charge is 0.467 e. The van der Waals surface area contributed by atoms with Crippen molar-refractivity contribution in [1.29, 1.82) is 0 Å². The summed E-state index contributed by atoms with van der Waals surface area (Å²) in [5.41, 5.74) is -0.910. The summed E-state index contributed by atoms with van der Waals surface area (Å²) in [5.74, 6) is -0.202. The fraction of sp³-hybridized carbons (Fsp3) is 0.200. The molecule has 0 spiro atoms. The van der Waals surface area contributed by atoms with E-state index in [2.05, 4.69) is 4.74 Å². The first-order valence-corrected chi connectivity index (χ1v) is 5.06. The lowest BCUT2D eigenvalue weighted by molar-refractivity contribution is -0.443. The number of alkyl halides is 3. The van der Waals surface area contributed by atoms with Crippen molar-refractivity contribution in [2.75, 3.05) is 0 Å². The molecule has 1 aliphatic heterocycles. The van der Waals surface area contributed by atoms with E-state index >= 15 is 0 Å². The predicted octanol–water partition coefficient (Wildman–Crippen LogP) is 3.28. The first-order valence-electron chi connectivity index (χ1n) is 4.68. The van der Waals surface area contributed by atoms with Crippen LogP contribution in [0.1, 0.15) is 5.56 Å². The van der Waals surface area contributed by atoms with Gasteiger partial charge in [0.25, 0.3) is 11.8 Å². The molecule has 0 fully saturated rings. The molecule has 0 aliphatic carbocycles. The number of fused-ring (bicyclic) bond motifs is 1. The van der Waals surface area contributed by atoms with Gasteiger partial charge in [0.15, 0.2) is 0 Å². The normalized spacial score (nSPS) is 18.7. The Morgan fingerprint density at radius 1 is 1.39 bits per heavy atom.